The summed E-state index contributed by atoms with van der Waals surface area (Å²) in [6.07, 6.45) is 2.67. The maximum Gasteiger partial charge on any atom is 0.303 e. The van der Waals surface area contributed by atoms with E-state index in [-0.39, 0.29) is 12.5 Å². The maximum absolute atomic E-state index is 10.6. The van der Waals surface area contributed by atoms with Crippen LogP contribution in [0.15, 0.2) is 24.4 Å². The Morgan fingerprint density at radius 2 is 2.22 bits per heavy atom. The first-order chi connectivity index (χ1) is 8.56. The van der Waals surface area contributed by atoms with Crippen molar-refractivity contribution < 1.29 is 14.6 Å². The van der Waals surface area contributed by atoms with Gasteiger partial charge in [-0.05, 0) is 44.0 Å². The number of aromatic nitrogens is 1. The summed E-state index contributed by atoms with van der Waals surface area (Å²) in [5, 5.41) is 9.76. The number of nitrogens with one attached hydrogen (secondary N) is 1. The molecule has 2 rings (SSSR count). The molecule has 0 amide bonds. The molecule has 0 atom stereocenters. The SMILES string of the molecule is CC(C)Oc1ccc2[nH]cc(CCC(=O)O)c2c1. The molecule has 0 aliphatic heterocycles. The molecule has 4 nitrogen and oxygen atoms in total. The summed E-state index contributed by atoms with van der Waals surface area (Å²) < 4.78 is 5.64. The molecule has 96 valence electrons. The van der Waals surface area contributed by atoms with Gasteiger partial charge in [-0.2, -0.15) is 0 Å². The molecule has 0 aliphatic rings. The molecule has 18 heavy (non-hydrogen) atoms. The van der Waals surface area contributed by atoms with Crippen LogP contribution in [-0.2, 0) is 11.2 Å². The lowest BCUT2D eigenvalue weighted by atomic mass is 10.1. The third-order valence-corrected chi connectivity index (χ3v) is 2.72. The highest BCUT2D eigenvalue weighted by Crippen LogP contribution is 2.25. The lowest BCUT2D eigenvalue weighted by molar-refractivity contribution is -0.136. The van der Waals surface area contributed by atoms with Gasteiger partial charge in [-0.3, -0.25) is 4.79 Å². The number of fused-ring (bicyclic) bond motifs is 1. The van der Waals surface area contributed by atoms with Crippen LogP contribution in [0.3, 0.4) is 0 Å². The highest BCUT2D eigenvalue weighted by molar-refractivity contribution is 5.85. The molecule has 0 bridgehead atoms. The van der Waals surface area contributed by atoms with E-state index in [2.05, 4.69) is 4.98 Å². The van der Waals surface area contributed by atoms with Gasteiger partial charge in [0, 0.05) is 23.5 Å². The Morgan fingerprint density at radius 1 is 1.44 bits per heavy atom. The highest BCUT2D eigenvalue weighted by Gasteiger charge is 2.07. The van der Waals surface area contributed by atoms with Gasteiger partial charge in [0.2, 0.25) is 0 Å². The first kappa shape index (κ1) is 12.5. The number of ether oxygens (including phenoxy) is 1. The summed E-state index contributed by atoms with van der Waals surface area (Å²) in [4.78, 5) is 13.8. The Hall–Kier alpha value is -1.97. The second-order valence-corrected chi connectivity index (χ2v) is 4.58. The second-order valence-electron chi connectivity index (χ2n) is 4.58. The monoisotopic (exact) mass is 247 g/mol. The van der Waals surface area contributed by atoms with E-state index in [0.29, 0.717) is 6.42 Å². The van der Waals surface area contributed by atoms with Gasteiger partial charge in [0.25, 0.3) is 0 Å². The molecule has 2 N–H and O–H groups in total. The molecule has 0 spiro atoms. The summed E-state index contributed by atoms with van der Waals surface area (Å²) in [5.74, 6) is 0.0348. The predicted molar refractivity (Wildman–Crippen MR) is 70.0 cm³/mol. The molecule has 1 aromatic heterocycles. The average molecular weight is 247 g/mol. The Balaban J connectivity index is 2.28. The first-order valence-electron chi connectivity index (χ1n) is 6.04. The Bertz CT molecular complexity index is 557. The van der Waals surface area contributed by atoms with Gasteiger partial charge in [-0.25, -0.2) is 0 Å². The Morgan fingerprint density at radius 3 is 2.89 bits per heavy atom. The minimum atomic E-state index is -0.779. The van der Waals surface area contributed by atoms with Crippen LogP contribution in [0.1, 0.15) is 25.8 Å². The zero-order valence-corrected chi connectivity index (χ0v) is 10.6. The standard InChI is InChI=1S/C14H17NO3/c1-9(2)18-11-4-5-13-12(7-11)10(8-15-13)3-6-14(16)17/h4-5,7-9,15H,3,6H2,1-2H3,(H,16,17). The van der Waals surface area contributed by atoms with Crippen LogP contribution in [0, 0.1) is 0 Å². The molecule has 0 unspecified atom stereocenters. The van der Waals surface area contributed by atoms with Gasteiger partial charge >= 0.3 is 5.97 Å². The van der Waals surface area contributed by atoms with Crippen LogP contribution >= 0.6 is 0 Å². The van der Waals surface area contributed by atoms with Crippen molar-refractivity contribution in [2.24, 2.45) is 0 Å². The van der Waals surface area contributed by atoms with E-state index in [1.165, 1.54) is 0 Å². The Labute approximate surface area is 106 Å². The number of aliphatic carboxylic acids is 1. The number of aromatic amines is 1. The minimum absolute atomic E-state index is 0.129. The van der Waals surface area contributed by atoms with Crippen molar-refractivity contribution in [2.45, 2.75) is 32.8 Å². The summed E-state index contributed by atoms with van der Waals surface area (Å²) in [5.41, 5.74) is 2.02. The molecule has 0 radical (unpaired) electrons. The topological polar surface area (TPSA) is 62.3 Å². The number of carboxylic acid groups (broad SMARTS) is 1. The second kappa shape index (κ2) is 5.12. The van der Waals surface area contributed by atoms with E-state index >= 15 is 0 Å². The van der Waals surface area contributed by atoms with Crippen molar-refractivity contribution in [3.8, 4) is 5.75 Å². The van der Waals surface area contributed by atoms with Crippen molar-refractivity contribution >= 4 is 16.9 Å². The average Bonchev–Trinajstić information content (AvgIpc) is 2.68. The van der Waals surface area contributed by atoms with Gasteiger partial charge in [0.1, 0.15) is 5.75 Å². The molecule has 1 heterocycles. The number of carboxylic acids is 1. The van der Waals surface area contributed by atoms with Crippen molar-refractivity contribution in [3.63, 3.8) is 0 Å². The number of hydrogen-bond donors (Lipinski definition) is 2. The van der Waals surface area contributed by atoms with E-state index in [1.54, 1.807) is 0 Å². The number of hydrogen-bond acceptors (Lipinski definition) is 2. The molecular weight excluding hydrogens is 230 g/mol. The van der Waals surface area contributed by atoms with Crippen molar-refractivity contribution in [3.05, 3.63) is 30.0 Å². The van der Waals surface area contributed by atoms with Crippen molar-refractivity contribution in [1.29, 1.82) is 0 Å². The summed E-state index contributed by atoms with van der Waals surface area (Å²) in [6.45, 7) is 3.96. The van der Waals surface area contributed by atoms with Gasteiger partial charge in [-0.1, -0.05) is 0 Å². The van der Waals surface area contributed by atoms with Crippen LogP contribution in [0.4, 0.5) is 0 Å². The fourth-order valence-electron chi connectivity index (χ4n) is 1.95. The van der Waals surface area contributed by atoms with E-state index in [9.17, 15) is 4.79 Å². The smallest absolute Gasteiger partial charge is 0.303 e. The van der Waals surface area contributed by atoms with Crippen LogP contribution < -0.4 is 4.74 Å². The van der Waals surface area contributed by atoms with E-state index in [0.717, 1.165) is 22.2 Å². The lowest BCUT2D eigenvalue weighted by Crippen LogP contribution is -2.05. The number of rotatable bonds is 5. The normalized spacial score (nSPS) is 11.1. The summed E-state index contributed by atoms with van der Waals surface area (Å²) >= 11 is 0. The molecule has 0 saturated heterocycles. The zero-order chi connectivity index (χ0) is 13.1. The highest BCUT2D eigenvalue weighted by atomic mass is 16.5. The number of H-pyrrole nitrogens is 1. The van der Waals surface area contributed by atoms with Crippen LogP contribution in [-0.4, -0.2) is 22.2 Å². The van der Waals surface area contributed by atoms with E-state index < -0.39 is 5.97 Å². The van der Waals surface area contributed by atoms with Crippen LogP contribution in [0.5, 0.6) is 5.75 Å². The molecule has 0 fully saturated rings. The van der Waals surface area contributed by atoms with E-state index in [4.69, 9.17) is 9.84 Å². The Kier molecular flexibility index (Phi) is 3.55. The quantitative estimate of drug-likeness (QED) is 0.853. The molecule has 0 saturated carbocycles. The predicted octanol–water partition coefficient (Wildman–Crippen LogP) is 2.97. The maximum atomic E-state index is 10.6. The fourth-order valence-corrected chi connectivity index (χ4v) is 1.95. The number of benzene rings is 1. The van der Waals surface area contributed by atoms with E-state index in [1.807, 2.05) is 38.2 Å². The molecule has 2 aromatic rings. The zero-order valence-electron chi connectivity index (χ0n) is 10.6. The third-order valence-electron chi connectivity index (χ3n) is 2.72. The minimum Gasteiger partial charge on any atom is -0.491 e. The van der Waals surface area contributed by atoms with Crippen LogP contribution in [0.2, 0.25) is 0 Å². The van der Waals surface area contributed by atoms with Gasteiger partial charge < -0.3 is 14.8 Å². The van der Waals surface area contributed by atoms with Crippen LogP contribution in [0.25, 0.3) is 10.9 Å². The summed E-state index contributed by atoms with van der Waals surface area (Å²) in [6, 6.07) is 5.83. The number of carbonyl (C=O) groups is 1. The molecule has 0 aliphatic carbocycles. The fraction of sp³-hybridized carbons (Fsp3) is 0.357. The van der Waals surface area contributed by atoms with Gasteiger partial charge in [0.15, 0.2) is 0 Å². The van der Waals surface area contributed by atoms with Crippen molar-refractivity contribution in [1.82, 2.24) is 4.98 Å². The van der Waals surface area contributed by atoms with Gasteiger partial charge in [-0.15, -0.1) is 0 Å². The number of aryl methyl sites for hydroxylation is 1. The first-order valence-corrected chi connectivity index (χ1v) is 6.04. The summed E-state index contributed by atoms with van der Waals surface area (Å²) in [7, 11) is 0. The molecular formula is C14H17NO3. The lowest BCUT2D eigenvalue weighted by Gasteiger charge is -2.09. The molecule has 4 heteroatoms. The largest absolute Gasteiger partial charge is 0.491 e. The molecule has 1 aromatic carbocycles. The van der Waals surface area contributed by atoms with Gasteiger partial charge in [0.05, 0.1) is 6.10 Å². The van der Waals surface area contributed by atoms with Crippen molar-refractivity contribution in [2.75, 3.05) is 0 Å². The third kappa shape index (κ3) is 2.83.